The molecule has 0 aliphatic carbocycles. The van der Waals surface area contributed by atoms with Crippen LogP contribution in [0.1, 0.15) is 39.2 Å². The number of carbonyl (C=O) groups excluding carboxylic acids is 1. The van der Waals surface area contributed by atoms with Crippen molar-refractivity contribution in [2.75, 3.05) is 13.1 Å². The first-order valence-corrected chi connectivity index (χ1v) is 12.2. The number of ether oxygens (including phenoxy) is 2. The van der Waals surface area contributed by atoms with Crippen molar-refractivity contribution in [3.05, 3.63) is 54.1 Å². The molecule has 0 unspecified atom stereocenters. The lowest BCUT2D eigenvalue weighted by Crippen LogP contribution is -2.47. The van der Waals surface area contributed by atoms with E-state index in [0.717, 1.165) is 6.07 Å². The van der Waals surface area contributed by atoms with Crippen molar-refractivity contribution in [3.8, 4) is 11.5 Å². The Morgan fingerprint density at radius 2 is 1.62 bits per heavy atom. The molecule has 11 heteroatoms. The van der Waals surface area contributed by atoms with Gasteiger partial charge < -0.3 is 14.4 Å². The number of nitrogens with one attached hydrogen (secondary N) is 1. The molecule has 1 saturated heterocycles. The van der Waals surface area contributed by atoms with Crippen LogP contribution in [0.25, 0.3) is 0 Å². The Labute approximate surface area is 196 Å². The van der Waals surface area contributed by atoms with Crippen molar-refractivity contribution in [2.24, 2.45) is 0 Å². The quantitative estimate of drug-likeness (QED) is 0.612. The monoisotopic (exact) mass is 500 g/mol. The van der Waals surface area contributed by atoms with Crippen LogP contribution in [0.2, 0.25) is 0 Å². The first-order valence-electron chi connectivity index (χ1n) is 10.7. The molecule has 0 saturated carbocycles. The van der Waals surface area contributed by atoms with Gasteiger partial charge in [-0.15, -0.1) is 0 Å². The van der Waals surface area contributed by atoms with Crippen molar-refractivity contribution < 1.29 is 35.9 Å². The van der Waals surface area contributed by atoms with E-state index in [4.69, 9.17) is 9.47 Å². The summed E-state index contributed by atoms with van der Waals surface area (Å²) in [6.45, 7) is 5.65. The van der Waals surface area contributed by atoms with Crippen LogP contribution in [-0.2, 0) is 20.9 Å². The zero-order valence-electron chi connectivity index (χ0n) is 19.1. The van der Waals surface area contributed by atoms with E-state index in [-0.39, 0.29) is 31.7 Å². The van der Waals surface area contributed by atoms with Crippen molar-refractivity contribution in [3.63, 3.8) is 0 Å². The van der Waals surface area contributed by atoms with Gasteiger partial charge in [-0.1, -0.05) is 18.2 Å². The van der Waals surface area contributed by atoms with E-state index in [2.05, 4.69) is 4.72 Å². The molecule has 2 aromatic carbocycles. The molecular weight excluding hydrogens is 473 g/mol. The minimum atomic E-state index is -4.92. The maximum Gasteiger partial charge on any atom is 0.417 e. The van der Waals surface area contributed by atoms with E-state index in [9.17, 15) is 26.4 Å². The number of nitrogens with zero attached hydrogens (tertiary/aromatic N) is 1. The highest BCUT2D eigenvalue weighted by molar-refractivity contribution is 7.89. The number of hydrogen-bond acceptors (Lipinski definition) is 5. The average molecular weight is 501 g/mol. The van der Waals surface area contributed by atoms with Crippen LogP contribution in [0.5, 0.6) is 11.5 Å². The second kappa shape index (κ2) is 9.83. The predicted molar refractivity (Wildman–Crippen MR) is 119 cm³/mol. The molecule has 1 aliphatic heterocycles. The van der Waals surface area contributed by atoms with Gasteiger partial charge in [-0.2, -0.15) is 13.2 Å². The highest BCUT2D eigenvalue weighted by atomic mass is 32.2. The number of amides is 1. The number of hydrogen-bond donors (Lipinski definition) is 1. The third-order valence-corrected chi connectivity index (χ3v) is 6.57. The molecule has 34 heavy (non-hydrogen) atoms. The normalized spacial score (nSPS) is 15.8. The summed E-state index contributed by atoms with van der Waals surface area (Å²) in [5.74, 6) is 0.184. The van der Waals surface area contributed by atoms with Crippen molar-refractivity contribution in [2.45, 2.75) is 56.3 Å². The lowest BCUT2D eigenvalue weighted by molar-refractivity contribution is -0.140. The maximum atomic E-state index is 13.7. The van der Waals surface area contributed by atoms with Gasteiger partial charge in [0.1, 0.15) is 17.1 Å². The number of halogens is 3. The van der Waals surface area contributed by atoms with Crippen LogP contribution in [0, 0.1) is 0 Å². The van der Waals surface area contributed by atoms with Crippen LogP contribution in [0.4, 0.5) is 18.0 Å². The first-order chi connectivity index (χ1) is 15.7. The van der Waals surface area contributed by atoms with Gasteiger partial charge in [0.2, 0.25) is 10.0 Å². The second-order valence-electron chi connectivity index (χ2n) is 8.93. The number of sulfonamides is 1. The maximum absolute atomic E-state index is 13.7. The fraction of sp³-hybridized carbons (Fsp3) is 0.435. The van der Waals surface area contributed by atoms with Crippen LogP contribution >= 0.6 is 0 Å². The molecule has 1 amide bonds. The van der Waals surface area contributed by atoms with Crippen molar-refractivity contribution >= 4 is 16.1 Å². The molecule has 0 atom stereocenters. The van der Waals surface area contributed by atoms with Gasteiger partial charge in [0.25, 0.3) is 0 Å². The predicted octanol–water partition coefficient (Wildman–Crippen LogP) is 5.18. The van der Waals surface area contributed by atoms with Gasteiger partial charge in [0.05, 0.1) is 10.5 Å². The molecule has 0 spiro atoms. The van der Waals surface area contributed by atoms with Crippen molar-refractivity contribution in [1.29, 1.82) is 0 Å². The lowest BCUT2D eigenvalue weighted by atomic mass is 10.1. The SMILES string of the molecule is CC(C)(C)OC(=O)N1CCC(NS(=O)(=O)c2ccc(Oc3ccccc3)cc2C(F)(F)F)CC1. The second-order valence-corrected chi connectivity index (χ2v) is 10.6. The van der Waals surface area contributed by atoms with E-state index in [1.165, 1.54) is 11.0 Å². The average Bonchev–Trinajstić information content (AvgIpc) is 2.73. The smallest absolute Gasteiger partial charge is 0.417 e. The Bertz CT molecular complexity index is 1110. The largest absolute Gasteiger partial charge is 0.457 e. The van der Waals surface area contributed by atoms with E-state index >= 15 is 0 Å². The molecule has 1 aliphatic rings. The van der Waals surface area contributed by atoms with E-state index in [0.29, 0.717) is 11.8 Å². The number of likely N-dealkylation sites (tertiary alicyclic amines) is 1. The number of alkyl halides is 3. The number of benzene rings is 2. The number of para-hydroxylation sites is 1. The fourth-order valence-electron chi connectivity index (χ4n) is 3.44. The molecule has 0 bridgehead atoms. The number of carbonyl (C=O) groups is 1. The summed E-state index contributed by atoms with van der Waals surface area (Å²) in [7, 11) is -4.49. The molecule has 7 nitrogen and oxygen atoms in total. The molecule has 0 radical (unpaired) electrons. The van der Waals surface area contributed by atoms with E-state index < -0.39 is 44.4 Å². The van der Waals surface area contributed by atoms with Crippen LogP contribution in [0.3, 0.4) is 0 Å². The Balaban J connectivity index is 1.74. The topological polar surface area (TPSA) is 84.9 Å². The summed E-state index contributed by atoms with van der Waals surface area (Å²) in [4.78, 5) is 12.7. The summed E-state index contributed by atoms with van der Waals surface area (Å²) in [6.07, 6.45) is -4.94. The molecule has 186 valence electrons. The minimum Gasteiger partial charge on any atom is -0.457 e. The van der Waals surface area contributed by atoms with E-state index in [1.807, 2.05) is 0 Å². The Morgan fingerprint density at radius 3 is 2.18 bits per heavy atom. The Hall–Kier alpha value is -2.79. The molecular formula is C23H27F3N2O5S. The summed E-state index contributed by atoms with van der Waals surface area (Å²) >= 11 is 0. The first kappa shape index (κ1) is 25.8. The van der Waals surface area contributed by atoms with Gasteiger partial charge in [-0.25, -0.2) is 17.9 Å². The molecule has 1 N–H and O–H groups in total. The van der Waals surface area contributed by atoms with Crippen LogP contribution < -0.4 is 9.46 Å². The molecule has 3 rings (SSSR count). The molecule has 2 aromatic rings. The van der Waals surface area contributed by atoms with Gasteiger partial charge in [-0.05, 0) is 63.9 Å². The van der Waals surface area contributed by atoms with Crippen molar-refractivity contribution in [1.82, 2.24) is 9.62 Å². The summed E-state index contributed by atoms with van der Waals surface area (Å²) < 4.78 is 80.1. The standard InChI is InChI=1S/C23H27F3N2O5S/c1-22(2,3)33-21(29)28-13-11-16(12-14-28)27-34(30,31)20-10-9-18(15-19(20)23(24,25)26)32-17-7-5-4-6-8-17/h4-10,15-16,27H,11-14H2,1-3H3. The number of piperidine rings is 1. The molecule has 1 heterocycles. The van der Waals surface area contributed by atoms with Crippen LogP contribution in [-0.4, -0.2) is 44.1 Å². The number of rotatable bonds is 5. The minimum absolute atomic E-state index is 0.136. The zero-order chi connectivity index (χ0) is 25.1. The fourth-order valence-corrected chi connectivity index (χ4v) is 4.96. The van der Waals surface area contributed by atoms with Gasteiger partial charge >= 0.3 is 12.3 Å². The molecule has 1 fully saturated rings. The van der Waals surface area contributed by atoms with Gasteiger partial charge in [-0.3, -0.25) is 0 Å². The highest BCUT2D eigenvalue weighted by Gasteiger charge is 2.39. The summed E-state index contributed by atoms with van der Waals surface area (Å²) in [5.41, 5.74) is -1.99. The zero-order valence-corrected chi connectivity index (χ0v) is 19.9. The highest BCUT2D eigenvalue weighted by Crippen LogP contribution is 2.37. The molecule has 0 aromatic heterocycles. The Kier molecular flexibility index (Phi) is 7.47. The third-order valence-electron chi connectivity index (χ3n) is 4.99. The Morgan fingerprint density at radius 1 is 1.00 bits per heavy atom. The van der Waals surface area contributed by atoms with Gasteiger partial charge in [0.15, 0.2) is 0 Å². The lowest BCUT2D eigenvalue weighted by Gasteiger charge is -2.33. The van der Waals surface area contributed by atoms with Crippen LogP contribution in [0.15, 0.2) is 53.4 Å². The summed E-state index contributed by atoms with van der Waals surface area (Å²) in [5, 5.41) is 0. The third kappa shape index (κ3) is 6.86. The summed E-state index contributed by atoms with van der Waals surface area (Å²) in [6, 6.07) is 10.3. The van der Waals surface area contributed by atoms with E-state index in [1.54, 1.807) is 51.1 Å². The van der Waals surface area contributed by atoms with Gasteiger partial charge in [0, 0.05) is 19.1 Å².